The summed E-state index contributed by atoms with van der Waals surface area (Å²) in [6.45, 7) is 0.499. The molecule has 0 radical (unpaired) electrons. The van der Waals surface area contributed by atoms with E-state index in [-0.39, 0.29) is 5.78 Å². The number of amides is 1. The predicted octanol–water partition coefficient (Wildman–Crippen LogP) is 2.82. The predicted molar refractivity (Wildman–Crippen MR) is 80.4 cm³/mol. The second kappa shape index (κ2) is 7.24. The van der Waals surface area contributed by atoms with E-state index >= 15 is 0 Å². The van der Waals surface area contributed by atoms with Gasteiger partial charge in [-0.1, -0.05) is 54.6 Å². The largest absolute Gasteiger partial charge is 0.453 e. The number of ketones is 1. The van der Waals surface area contributed by atoms with Gasteiger partial charge in [0.15, 0.2) is 5.78 Å². The first-order valence-corrected chi connectivity index (χ1v) is 6.71. The van der Waals surface area contributed by atoms with E-state index in [9.17, 15) is 9.59 Å². The molecule has 2 aromatic carbocycles. The molecule has 4 nitrogen and oxygen atoms in total. The lowest BCUT2D eigenvalue weighted by molar-refractivity contribution is 0.103. The van der Waals surface area contributed by atoms with Gasteiger partial charge in [-0.25, -0.2) is 4.79 Å². The van der Waals surface area contributed by atoms with Crippen LogP contribution >= 0.6 is 0 Å². The van der Waals surface area contributed by atoms with Crippen LogP contribution in [0, 0.1) is 0 Å². The molecule has 21 heavy (non-hydrogen) atoms. The van der Waals surface area contributed by atoms with Crippen molar-refractivity contribution in [1.29, 1.82) is 0 Å². The molecule has 0 aliphatic heterocycles. The van der Waals surface area contributed by atoms with E-state index < -0.39 is 6.09 Å². The molecule has 1 amide bonds. The van der Waals surface area contributed by atoms with Crippen molar-refractivity contribution in [1.82, 2.24) is 5.32 Å². The minimum absolute atomic E-state index is 0.00911. The number of benzene rings is 2. The number of nitrogens with one attached hydrogen (secondary N) is 1. The van der Waals surface area contributed by atoms with Crippen LogP contribution < -0.4 is 5.32 Å². The highest BCUT2D eigenvalue weighted by atomic mass is 16.5. The van der Waals surface area contributed by atoms with Gasteiger partial charge in [0.1, 0.15) is 0 Å². The molecule has 4 heteroatoms. The summed E-state index contributed by atoms with van der Waals surface area (Å²) in [6, 6.07) is 16.6. The van der Waals surface area contributed by atoms with Crippen molar-refractivity contribution in [3.05, 3.63) is 71.3 Å². The van der Waals surface area contributed by atoms with Gasteiger partial charge >= 0.3 is 6.09 Å². The number of rotatable bonds is 5. The third-order valence-electron chi connectivity index (χ3n) is 3.12. The molecule has 108 valence electrons. The second-order valence-corrected chi connectivity index (χ2v) is 4.56. The highest BCUT2D eigenvalue weighted by Crippen LogP contribution is 2.11. The number of hydrogen-bond acceptors (Lipinski definition) is 3. The molecule has 0 heterocycles. The number of hydrogen-bond donors (Lipinski definition) is 1. The molecule has 0 aliphatic carbocycles. The summed E-state index contributed by atoms with van der Waals surface area (Å²) >= 11 is 0. The molecule has 0 bridgehead atoms. The van der Waals surface area contributed by atoms with Crippen LogP contribution in [0.15, 0.2) is 54.6 Å². The van der Waals surface area contributed by atoms with Crippen molar-refractivity contribution in [2.45, 2.75) is 6.42 Å². The highest BCUT2D eigenvalue weighted by Gasteiger charge is 2.08. The first kappa shape index (κ1) is 14.8. The number of ether oxygens (including phenoxy) is 1. The summed E-state index contributed by atoms with van der Waals surface area (Å²) in [7, 11) is 1.33. The number of methoxy groups -OCH3 is 1. The van der Waals surface area contributed by atoms with Crippen LogP contribution in [0.1, 0.15) is 21.5 Å². The van der Waals surface area contributed by atoms with Gasteiger partial charge in [0.25, 0.3) is 0 Å². The molecule has 0 spiro atoms. The number of carbonyl (C=O) groups is 2. The van der Waals surface area contributed by atoms with Gasteiger partial charge in [-0.15, -0.1) is 0 Å². The monoisotopic (exact) mass is 283 g/mol. The van der Waals surface area contributed by atoms with Crippen molar-refractivity contribution in [2.24, 2.45) is 0 Å². The Labute approximate surface area is 123 Å². The maximum absolute atomic E-state index is 12.2. The highest BCUT2D eigenvalue weighted by molar-refractivity contribution is 6.08. The Morgan fingerprint density at radius 2 is 1.57 bits per heavy atom. The van der Waals surface area contributed by atoms with E-state index in [4.69, 9.17) is 0 Å². The topological polar surface area (TPSA) is 55.4 Å². The van der Waals surface area contributed by atoms with Gasteiger partial charge < -0.3 is 10.1 Å². The van der Waals surface area contributed by atoms with Crippen LogP contribution in [0.2, 0.25) is 0 Å². The van der Waals surface area contributed by atoms with Gasteiger partial charge in [-0.2, -0.15) is 0 Å². The quantitative estimate of drug-likeness (QED) is 0.858. The van der Waals surface area contributed by atoms with E-state index in [1.54, 1.807) is 12.1 Å². The zero-order valence-electron chi connectivity index (χ0n) is 11.8. The van der Waals surface area contributed by atoms with Crippen molar-refractivity contribution >= 4 is 11.9 Å². The Kier molecular flexibility index (Phi) is 5.10. The first-order valence-electron chi connectivity index (χ1n) is 6.71. The molecule has 0 aromatic heterocycles. The van der Waals surface area contributed by atoms with Crippen molar-refractivity contribution in [3.8, 4) is 0 Å². The van der Waals surface area contributed by atoms with Gasteiger partial charge in [0.2, 0.25) is 0 Å². The van der Waals surface area contributed by atoms with Gasteiger partial charge in [0.05, 0.1) is 7.11 Å². The molecular formula is C17H17NO3. The third-order valence-corrected chi connectivity index (χ3v) is 3.12. The molecule has 0 unspecified atom stereocenters. The Balaban J connectivity index is 1.96. The minimum atomic E-state index is -0.439. The standard InChI is InChI=1S/C17H17NO3/c1-21-17(20)18-12-11-13-7-9-15(10-8-13)16(19)14-5-3-2-4-6-14/h2-10H,11-12H2,1H3,(H,18,20). The molecule has 0 aliphatic rings. The Morgan fingerprint density at radius 1 is 0.952 bits per heavy atom. The summed E-state index contributed by atoms with van der Waals surface area (Å²) in [6.07, 6.45) is 0.250. The fourth-order valence-corrected chi connectivity index (χ4v) is 1.96. The molecule has 1 N–H and O–H groups in total. The van der Waals surface area contributed by atoms with Crippen LogP contribution in [-0.2, 0) is 11.2 Å². The van der Waals surface area contributed by atoms with E-state index in [2.05, 4.69) is 10.1 Å². The van der Waals surface area contributed by atoms with Crippen LogP contribution in [0.25, 0.3) is 0 Å². The summed E-state index contributed by atoms with van der Waals surface area (Å²) in [5, 5.41) is 2.62. The minimum Gasteiger partial charge on any atom is -0.453 e. The lowest BCUT2D eigenvalue weighted by Crippen LogP contribution is -2.25. The van der Waals surface area contributed by atoms with Gasteiger partial charge in [-0.05, 0) is 12.0 Å². The van der Waals surface area contributed by atoms with E-state index in [1.165, 1.54) is 7.11 Å². The smallest absolute Gasteiger partial charge is 0.406 e. The lowest BCUT2D eigenvalue weighted by Gasteiger charge is -2.05. The zero-order chi connectivity index (χ0) is 15.1. The Hall–Kier alpha value is -2.62. The molecule has 0 atom stereocenters. The SMILES string of the molecule is COC(=O)NCCc1ccc(C(=O)c2ccccc2)cc1. The lowest BCUT2D eigenvalue weighted by atomic mass is 10.0. The van der Waals surface area contributed by atoms with E-state index in [0.717, 1.165) is 5.56 Å². The number of carbonyl (C=O) groups excluding carboxylic acids is 2. The fourth-order valence-electron chi connectivity index (χ4n) is 1.96. The summed E-state index contributed by atoms with van der Waals surface area (Å²) in [5.74, 6) is 0.00911. The maximum Gasteiger partial charge on any atom is 0.406 e. The average molecular weight is 283 g/mol. The fraction of sp³-hybridized carbons (Fsp3) is 0.176. The summed E-state index contributed by atoms with van der Waals surface area (Å²) in [4.78, 5) is 23.2. The van der Waals surface area contributed by atoms with Crippen LogP contribution in [-0.4, -0.2) is 25.5 Å². The van der Waals surface area contributed by atoms with Crippen molar-refractivity contribution < 1.29 is 14.3 Å². The molecule has 0 saturated heterocycles. The van der Waals surface area contributed by atoms with Crippen LogP contribution in [0.3, 0.4) is 0 Å². The normalized spacial score (nSPS) is 9.95. The Bertz CT molecular complexity index is 606. The molecule has 0 saturated carbocycles. The van der Waals surface area contributed by atoms with Crippen LogP contribution in [0.5, 0.6) is 0 Å². The number of alkyl carbamates (subject to hydrolysis) is 1. The maximum atomic E-state index is 12.2. The van der Waals surface area contributed by atoms with Crippen molar-refractivity contribution in [2.75, 3.05) is 13.7 Å². The molecule has 2 rings (SSSR count). The average Bonchev–Trinajstić information content (AvgIpc) is 2.55. The molecule has 0 fully saturated rings. The third kappa shape index (κ3) is 4.18. The Morgan fingerprint density at radius 3 is 2.19 bits per heavy atom. The van der Waals surface area contributed by atoms with Gasteiger partial charge in [0, 0.05) is 17.7 Å². The first-order chi connectivity index (χ1) is 10.2. The van der Waals surface area contributed by atoms with E-state index in [0.29, 0.717) is 24.1 Å². The second-order valence-electron chi connectivity index (χ2n) is 4.56. The zero-order valence-corrected chi connectivity index (χ0v) is 11.8. The van der Waals surface area contributed by atoms with Gasteiger partial charge in [-0.3, -0.25) is 4.79 Å². The van der Waals surface area contributed by atoms with E-state index in [1.807, 2.05) is 42.5 Å². The summed E-state index contributed by atoms with van der Waals surface area (Å²) in [5.41, 5.74) is 2.39. The molecular weight excluding hydrogens is 266 g/mol. The summed E-state index contributed by atoms with van der Waals surface area (Å²) < 4.78 is 4.49. The van der Waals surface area contributed by atoms with Crippen LogP contribution in [0.4, 0.5) is 4.79 Å². The van der Waals surface area contributed by atoms with Crippen molar-refractivity contribution in [3.63, 3.8) is 0 Å². The molecule has 2 aromatic rings.